The van der Waals surface area contributed by atoms with Crippen molar-refractivity contribution < 1.29 is 19.4 Å². The maximum absolute atomic E-state index is 12.1. The second-order valence-electron chi connectivity index (χ2n) is 8.62. The first-order valence-electron chi connectivity index (χ1n) is 10.4. The Kier molecular flexibility index (Phi) is 4.89. The number of benzene rings is 1. The quantitative estimate of drug-likeness (QED) is 0.442. The van der Waals surface area contributed by atoms with E-state index in [4.69, 9.17) is 19.4 Å². The van der Waals surface area contributed by atoms with Gasteiger partial charge in [-0.15, -0.1) is 0 Å². The molecule has 1 aromatic carbocycles. The number of thiazole rings is 1. The van der Waals surface area contributed by atoms with Crippen molar-refractivity contribution in [2.24, 2.45) is 0 Å². The van der Waals surface area contributed by atoms with E-state index in [1.807, 2.05) is 12.1 Å². The summed E-state index contributed by atoms with van der Waals surface area (Å²) in [5.74, 6) is 1.45. The van der Waals surface area contributed by atoms with Gasteiger partial charge in [0.25, 0.3) is 0 Å². The molecule has 0 aliphatic carbocycles. The number of anilines is 1. The molecule has 0 saturated carbocycles. The molecule has 5 rings (SSSR count). The van der Waals surface area contributed by atoms with Gasteiger partial charge >= 0.3 is 6.09 Å². The molecule has 10 heteroatoms. The van der Waals surface area contributed by atoms with Gasteiger partial charge in [-0.2, -0.15) is 0 Å². The number of aryl methyl sites for hydroxylation is 1. The van der Waals surface area contributed by atoms with E-state index in [1.54, 1.807) is 32.9 Å². The maximum Gasteiger partial charge on any atom is 0.413 e. The number of nitrogens with one attached hydrogen (secondary N) is 1. The molecule has 0 bridgehead atoms. The normalized spacial score (nSPS) is 14.1. The third-order valence-corrected chi connectivity index (χ3v) is 5.80. The number of phenolic OH excluding ortho intramolecular Hbond substituents is 1. The molecule has 9 nitrogen and oxygen atoms in total. The highest BCUT2D eigenvalue weighted by molar-refractivity contribution is 7.21. The van der Waals surface area contributed by atoms with Gasteiger partial charge < -0.3 is 19.1 Å². The molecule has 4 heterocycles. The molecule has 0 radical (unpaired) electrons. The van der Waals surface area contributed by atoms with Crippen molar-refractivity contribution in [3.8, 4) is 23.0 Å². The van der Waals surface area contributed by atoms with Gasteiger partial charge in [-0.3, -0.25) is 5.32 Å². The topological polar surface area (TPSA) is 111 Å². The first-order valence-corrected chi connectivity index (χ1v) is 11.2. The van der Waals surface area contributed by atoms with Crippen LogP contribution in [0.4, 0.5) is 9.93 Å². The van der Waals surface area contributed by atoms with Crippen LogP contribution in [0.1, 0.15) is 33.6 Å². The summed E-state index contributed by atoms with van der Waals surface area (Å²) in [6.45, 7) is 6.80. The lowest BCUT2D eigenvalue weighted by atomic mass is 10.2. The number of rotatable bonds is 2. The van der Waals surface area contributed by atoms with E-state index in [0.29, 0.717) is 44.9 Å². The Labute approximate surface area is 188 Å². The van der Waals surface area contributed by atoms with E-state index in [9.17, 15) is 9.90 Å². The van der Waals surface area contributed by atoms with Crippen LogP contribution in [0, 0.1) is 0 Å². The second kappa shape index (κ2) is 7.63. The van der Waals surface area contributed by atoms with Crippen molar-refractivity contribution in [1.82, 2.24) is 19.5 Å². The zero-order valence-corrected chi connectivity index (χ0v) is 18.8. The Morgan fingerprint density at radius 3 is 2.84 bits per heavy atom. The number of ether oxygens (including phenoxy) is 2. The van der Waals surface area contributed by atoms with Gasteiger partial charge in [-0.05, 0) is 45.7 Å². The molecule has 0 saturated heterocycles. The van der Waals surface area contributed by atoms with E-state index in [0.717, 1.165) is 24.9 Å². The number of nitrogens with zero attached hydrogens (tertiary/aromatic N) is 4. The minimum Gasteiger partial charge on any atom is -0.508 e. The number of hydrogen-bond donors (Lipinski definition) is 2. The third-order valence-electron chi connectivity index (χ3n) is 4.92. The molecule has 0 unspecified atom stereocenters. The lowest BCUT2D eigenvalue weighted by Crippen LogP contribution is -2.27. The van der Waals surface area contributed by atoms with Crippen LogP contribution in [0.25, 0.3) is 32.9 Å². The van der Waals surface area contributed by atoms with Crippen LogP contribution >= 0.6 is 11.3 Å². The average Bonchev–Trinajstić information content (AvgIpc) is 3.23. The third kappa shape index (κ3) is 3.93. The number of phenols is 1. The molecule has 4 aromatic rings. The number of amides is 1. The zero-order chi connectivity index (χ0) is 22.5. The van der Waals surface area contributed by atoms with Gasteiger partial charge in [-0.25, -0.2) is 19.7 Å². The van der Waals surface area contributed by atoms with Gasteiger partial charge in [0.2, 0.25) is 0 Å². The molecule has 0 spiro atoms. The predicted octanol–water partition coefficient (Wildman–Crippen LogP) is 4.93. The molecule has 0 fully saturated rings. The van der Waals surface area contributed by atoms with E-state index in [-0.39, 0.29) is 5.75 Å². The summed E-state index contributed by atoms with van der Waals surface area (Å²) < 4.78 is 13.3. The number of carbonyl (C=O) groups is 1. The van der Waals surface area contributed by atoms with Gasteiger partial charge in [0.15, 0.2) is 11.0 Å². The summed E-state index contributed by atoms with van der Waals surface area (Å²) in [6, 6.07) is 6.99. The van der Waals surface area contributed by atoms with Crippen LogP contribution in [-0.2, 0) is 11.3 Å². The molecular weight excluding hydrogens is 430 g/mol. The highest BCUT2D eigenvalue weighted by Crippen LogP contribution is 2.36. The number of aromatic nitrogens is 4. The number of pyridine rings is 1. The Balaban J connectivity index is 1.54. The van der Waals surface area contributed by atoms with Crippen molar-refractivity contribution in [3.05, 3.63) is 24.3 Å². The van der Waals surface area contributed by atoms with Gasteiger partial charge in [0.1, 0.15) is 38.7 Å². The van der Waals surface area contributed by atoms with Gasteiger partial charge in [0.05, 0.1) is 12.1 Å². The standard InChI is InChI=1S/C22H23N5O4S/c1-22(2,3)31-21(29)26-20-25-14-7-6-13(24-19(14)32-20)18-23-15-10-12(28)11-16-17(15)27(18)8-4-5-9-30-16/h6-7,10-11,28H,4-5,8-9H2,1-3H3,(H,25,26,29). The number of aromatic hydroxyl groups is 1. The molecule has 1 amide bonds. The van der Waals surface area contributed by atoms with Crippen molar-refractivity contribution in [2.75, 3.05) is 11.9 Å². The average molecular weight is 454 g/mol. The minimum absolute atomic E-state index is 0.119. The van der Waals surface area contributed by atoms with Gasteiger partial charge in [0, 0.05) is 18.7 Å². The van der Waals surface area contributed by atoms with E-state index in [2.05, 4.69) is 14.9 Å². The summed E-state index contributed by atoms with van der Waals surface area (Å²) in [5.41, 5.74) is 2.29. The zero-order valence-electron chi connectivity index (χ0n) is 18.0. The summed E-state index contributed by atoms with van der Waals surface area (Å²) in [6.07, 6.45) is 1.31. The Bertz CT molecular complexity index is 1340. The molecule has 0 atom stereocenters. The summed E-state index contributed by atoms with van der Waals surface area (Å²) in [4.78, 5) is 26.7. The van der Waals surface area contributed by atoms with Crippen LogP contribution in [0.15, 0.2) is 24.3 Å². The summed E-state index contributed by atoms with van der Waals surface area (Å²) in [7, 11) is 0. The van der Waals surface area contributed by atoms with E-state index < -0.39 is 11.7 Å². The Morgan fingerprint density at radius 2 is 2.03 bits per heavy atom. The number of fused-ring (bicyclic) bond motifs is 1. The van der Waals surface area contributed by atoms with Crippen LogP contribution < -0.4 is 10.1 Å². The van der Waals surface area contributed by atoms with Crippen molar-refractivity contribution in [2.45, 2.75) is 45.8 Å². The molecule has 2 N–H and O–H groups in total. The SMILES string of the molecule is CC(C)(C)OC(=O)Nc1nc2ccc(-c3nc4cc(O)cc5c4n3CCCCO5)nc2s1. The maximum atomic E-state index is 12.1. The molecular formula is C22H23N5O4S. The van der Waals surface area contributed by atoms with Crippen molar-refractivity contribution >= 4 is 43.9 Å². The molecule has 32 heavy (non-hydrogen) atoms. The summed E-state index contributed by atoms with van der Waals surface area (Å²) >= 11 is 1.27. The highest BCUT2D eigenvalue weighted by Gasteiger charge is 2.21. The molecule has 166 valence electrons. The second-order valence-corrected chi connectivity index (χ2v) is 9.60. The molecule has 3 aromatic heterocycles. The fourth-order valence-electron chi connectivity index (χ4n) is 3.68. The van der Waals surface area contributed by atoms with E-state index in [1.165, 1.54) is 11.3 Å². The van der Waals surface area contributed by atoms with Crippen molar-refractivity contribution in [3.63, 3.8) is 0 Å². The monoisotopic (exact) mass is 453 g/mol. The lowest BCUT2D eigenvalue weighted by molar-refractivity contribution is 0.0636. The smallest absolute Gasteiger partial charge is 0.413 e. The number of hydrogen-bond acceptors (Lipinski definition) is 8. The molecule has 1 aliphatic rings. The first kappa shape index (κ1) is 20.5. The number of imidazole rings is 1. The van der Waals surface area contributed by atoms with E-state index >= 15 is 0 Å². The van der Waals surface area contributed by atoms with Crippen LogP contribution in [0.3, 0.4) is 0 Å². The predicted molar refractivity (Wildman–Crippen MR) is 122 cm³/mol. The Hall–Kier alpha value is -3.40. The van der Waals surface area contributed by atoms with Crippen LogP contribution in [0.2, 0.25) is 0 Å². The summed E-state index contributed by atoms with van der Waals surface area (Å²) in [5, 5.41) is 13.2. The highest BCUT2D eigenvalue weighted by atomic mass is 32.1. The first-order chi connectivity index (χ1) is 15.3. The fraction of sp³-hybridized carbons (Fsp3) is 0.364. The van der Waals surface area contributed by atoms with Crippen LogP contribution in [0.5, 0.6) is 11.5 Å². The largest absolute Gasteiger partial charge is 0.508 e. The van der Waals surface area contributed by atoms with Crippen LogP contribution in [-0.4, -0.2) is 42.9 Å². The Morgan fingerprint density at radius 1 is 1.19 bits per heavy atom. The number of carbonyl (C=O) groups excluding carboxylic acids is 1. The fourth-order valence-corrected chi connectivity index (χ4v) is 4.50. The minimum atomic E-state index is -0.592. The van der Waals surface area contributed by atoms with Crippen molar-refractivity contribution in [1.29, 1.82) is 0 Å². The molecule has 1 aliphatic heterocycles. The van der Waals surface area contributed by atoms with Gasteiger partial charge in [-0.1, -0.05) is 11.3 Å². The lowest BCUT2D eigenvalue weighted by Gasteiger charge is -2.18.